The number of nitrogens with zero attached hydrogens (tertiary/aromatic N) is 4. The topological polar surface area (TPSA) is 155 Å². The van der Waals surface area contributed by atoms with Crippen LogP contribution < -0.4 is 10.1 Å². The summed E-state index contributed by atoms with van der Waals surface area (Å²) in [5, 5.41) is 19.5. The lowest BCUT2D eigenvalue weighted by atomic mass is 9.84. The first kappa shape index (κ1) is 24.6. The Hall–Kier alpha value is -4.08. The molecule has 34 heavy (non-hydrogen) atoms. The molecule has 0 amide bonds. The lowest BCUT2D eigenvalue weighted by Gasteiger charge is -2.32. The van der Waals surface area contributed by atoms with Crippen molar-refractivity contribution in [1.82, 2.24) is 10.3 Å². The van der Waals surface area contributed by atoms with Crippen LogP contribution in [0.25, 0.3) is 21.3 Å². The van der Waals surface area contributed by atoms with Crippen LogP contribution in [0.3, 0.4) is 0 Å². The highest BCUT2D eigenvalue weighted by molar-refractivity contribution is 5.85. The number of H-pyrrole nitrogens is 1. The molecule has 1 atom stereocenters. The highest BCUT2D eigenvalue weighted by Gasteiger charge is 2.45. The smallest absolute Gasteiger partial charge is 0.331 e. The molecule has 0 radical (unpaired) electrons. The number of carbonyl (C=O) groups is 1. The molecular formula is C23H26N6O5. The number of hydrogen-bond donors (Lipinski definition) is 2. The predicted molar refractivity (Wildman–Crippen MR) is 127 cm³/mol. The van der Waals surface area contributed by atoms with Crippen molar-refractivity contribution in [3.05, 3.63) is 80.3 Å². The zero-order valence-corrected chi connectivity index (χ0v) is 19.0. The van der Waals surface area contributed by atoms with Gasteiger partial charge in [0.2, 0.25) is 0 Å². The molecule has 0 bridgehead atoms. The van der Waals surface area contributed by atoms with Gasteiger partial charge in [-0.1, -0.05) is 17.2 Å². The van der Waals surface area contributed by atoms with Crippen LogP contribution in [0.5, 0.6) is 5.75 Å². The molecule has 1 heterocycles. The minimum atomic E-state index is -1.57. The number of rotatable bonds is 12. The summed E-state index contributed by atoms with van der Waals surface area (Å²) in [6.07, 6.45) is 2.39. The number of fused-ring (bicyclic) bond motifs is 1. The van der Waals surface area contributed by atoms with E-state index in [0.29, 0.717) is 13.0 Å². The number of ether oxygens (including phenoxy) is 2. The summed E-state index contributed by atoms with van der Waals surface area (Å²) in [5.41, 5.74) is 9.05. The second-order valence-corrected chi connectivity index (χ2v) is 7.51. The van der Waals surface area contributed by atoms with E-state index in [-0.39, 0.29) is 30.8 Å². The van der Waals surface area contributed by atoms with E-state index >= 15 is 0 Å². The number of azide groups is 1. The number of hydrogen-bond acceptors (Lipinski definition) is 7. The Bertz CT molecular complexity index is 1220. The summed E-state index contributed by atoms with van der Waals surface area (Å²) < 4.78 is 10.6. The van der Waals surface area contributed by atoms with Gasteiger partial charge in [-0.3, -0.25) is 15.4 Å². The molecule has 2 aromatic carbocycles. The SMILES string of the molecule is CCOC(=O)C(CCN=[N+]=[N-])(NCCc1c[nH]c2cc(OC)ccc12)c1ccccc1[N+](=O)[O-]. The van der Waals surface area contributed by atoms with E-state index in [4.69, 9.17) is 15.0 Å². The molecule has 0 aliphatic rings. The van der Waals surface area contributed by atoms with Gasteiger partial charge in [0.1, 0.15) is 11.3 Å². The number of carbonyl (C=O) groups excluding carboxylic acids is 1. The first-order valence-corrected chi connectivity index (χ1v) is 10.8. The number of esters is 1. The van der Waals surface area contributed by atoms with Crippen LogP contribution in [0.4, 0.5) is 5.69 Å². The molecule has 11 nitrogen and oxygen atoms in total. The van der Waals surface area contributed by atoms with Crippen molar-refractivity contribution < 1.29 is 19.2 Å². The van der Waals surface area contributed by atoms with E-state index in [2.05, 4.69) is 20.3 Å². The number of methoxy groups -OCH3 is 1. The summed E-state index contributed by atoms with van der Waals surface area (Å²) in [7, 11) is 1.60. The number of aromatic amines is 1. The van der Waals surface area contributed by atoms with Gasteiger partial charge in [0.25, 0.3) is 5.69 Å². The van der Waals surface area contributed by atoms with Crippen molar-refractivity contribution in [3.63, 3.8) is 0 Å². The molecule has 0 aliphatic heterocycles. The first-order chi connectivity index (χ1) is 16.5. The fourth-order valence-corrected chi connectivity index (χ4v) is 4.02. The summed E-state index contributed by atoms with van der Waals surface area (Å²) in [6.45, 7) is 2.01. The van der Waals surface area contributed by atoms with E-state index in [1.807, 2.05) is 24.4 Å². The number of nitro benzene ring substituents is 1. The third kappa shape index (κ3) is 5.11. The molecule has 3 aromatic rings. The number of benzene rings is 2. The van der Waals surface area contributed by atoms with Gasteiger partial charge in [-0.05, 0) is 49.1 Å². The maximum Gasteiger partial charge on any atom is 0.331 e. The first-order valence-electron chi connectivity index (χ1n) is 10.8. The Morgan fingerprint density at radius 1 is 1.32 bits per heavy atom. The Kier molecular flexibility index (Phi) is 8.07. The van der Waals surface area contributed by atoms with Crippen molar-refractivity contribution in [1.29, 1.82) is 0 Å². The zero-order valence-electron chi connectivity index (χ0n) is 19.0. The average Bonchev–Trinajstić information content (AvgIpc) is 3.25. The van der Waals surface area contributed by atoms with E-state index in [0.717, 1.165) is 22.2 Å². The Morgan fingerprint density at radius 3 is 2.82 bits per heavy atom. The molecule has 3 rings (SSSR count). The van der Waals surface area contributed by atoms with E-state index in [9.17, 15) is 14.9 Å². The number of nitrogens with one attached hydrogen (secondary N) is 2. The van der Waals surface area contributed by atoms with E-state index < -0.39 is 16.4 Å². The Balaban J connectivity index is 1.97. The van der Waals surface area contributed by atoms with Gasteiger partial charge in [0.05, 0.1) is 24.2 Å². The minimum absolute atomic E-state index is 0.00811. The molecular weight excluding hydrogens is 440 g/mol. The Labute approximate surface area is 195 Å². The van der Waals surface area contributed by atoms with Crippen molar-refractivity contribution in [3.8, 4) is 5.75 Å². The maximum absolute atomic E-state index is 13.2. The number of aromatic nitrogens is 1. The summed E-state index contributed by atoms with van der Waals surface area (Å²) in [5.74, 6) is 0.0656. The van der Waals surface area contributed by atoms with Gasteiger partial charge in [0, 0.05) is 47.2 Å². The maximum atomic E-state index is 13.2. The standard InChI is InChI=1S/C23H26N6O5/c1-3-34-22(30)23(11-13-27-28-24,19-6-4-5-7-21(19)29(31)32)26-12-10-16-15-25-20-14-17(33-2)8-9-18(16)20/h4-9,14-15,25-26H,3,10-13H2,1-2H3. The summed E-state index contributed by atoms with van der Waals surface area (Å²) in [6, 6.07) is 11.7. The second-order valence-electron chi connectivity index (χ2n) is 7.51. The minimum Gasteiger partial charge on any atom is -0.497 e. The van der Waals surface area contributed by atoms with Crippen LogP contribution >= 0.6 is 0 Å². The van der Waals surface area contributed by atoms with Crippen LogP contribution in [0.2, 0.25) is 0 Å². The van der Waals surface area contributed by atoms with Crippen LogP contribution in [-0.4, -0.2) is 42.7 Å². The highest BCUT2D eigenvalue weighted by atomic mass is 16.6. The fraction of sp³-hybridized carbons (Fsp3) is 0.348. The van der Waals surface area contributed by atoms with Crippen LogP contribution in [0.15, 0.2) is 53.8 Å². The van der Waals surface area contributed by atoms with Crippen LogP contribution in [0, 0.1) is 10.1 Å². The molecule has 0 saturated heterocycles. The zero-order chi connectivity index (χ0) is 24.6. The van der Waals surface area contributed by atoms with Crippen LogP contribution in [-0.2, 0) is 21.5 Å². The van der Waals surface area contributed by atoms with Crippen molar-refractivity contribution in [2.75, 3.05) is 26.8 Å². The number of nitro groups is 1. The average molecular weight is 466 g/mol. The normalized spacial score (nSPS) is 12.5. The highest BCUT2D eigenvalue weighted by Crippen LogP contribution is 2.34. The van der Waals surface area contributed by atoms with Gasteiger partial charge < -0.3 is 14.5 Å². The summed E-state index contributed by atoms with van der Waals surface area (Å²) >= 11 is 0. The Morgan fingerprint density at radius 2 is 2.12 bits per heavy atom. The predicted octanol–water partition coefficient (Wildman–Crippen LogP) is 4.38. The lowest BCUT2D eigenvalue weighted by molar-refractivity contribution is -0.386. The lowest BCUT2D eigenvalue weighted by Crippen LogP contribution is -2.51. The molecule has 178 valence electrons. The molecule has 11 heteroatoms. The summed E-state index contributed by atoms with van der Waals surface area (Å²) in [4.78, 5) is 30.4. The third-order valence-electron chi connectivity index (χ3n) is 5.63. The molecule has 0 aliphatic carbocycles. The third-order valence-corrected chi connectivity index (χ3v) is 5.63. The number of para-hydroxylation sites is 1. The fourth-order valence-electron chi connectivity index (χ4n) is 4.02. The van der Waals surface area contributed by atoms with Gasteiger partial charge in [-0.2, -0.15) is 0 Å². The van der Waals surface area contributed by atoms with Gasteiger partial charge >= 0.3 is 5.97 Å². The molecule has 0 fully saturated rings. The second kappa shape index (κ2) is 11.2. The van der Waals surface area contributed by atoms with Gasteiger partial charge in [0.15, 0.2) is 0 Å². The van der Waals surface area contributed by atoms with E-state index in [1.54, 1.807) is 20.1 Å². The monoisotopic (exact) mass is 466 g/mol. The molecule has 0 saturated carbocycles. The molecule has 1 aromatic heterocycles. The van der Waals surface area contributed by atoms with Crippen molar-refractivity contribution >= 4 is 22.6 Å². The quantitative estimate of drug-likeness (QED) is 0.101. The molecule has 1 unspecified atom stereocenters. The largest absolute Gasteiger partial charge is 0.497 e. The van der Waals surface area contributed by atoms with Crippen LogP contribution in [0.1, 0.15) is 24.5 Å². The van der Waals surface area contributed by atoms with Gasteiger partial charge in [-0.15, -0.1) is 0 Å². The van der Waals surface area contributed by atoms with Gasteiger partial charge in [-0.25, -0.2) is 4.79 Å². The van der Waals surface area contributed by atoms with E-state index in [1.165, 1.54) is 18.2 Å². The molecule has 0 spiro atoms. The van der Waals surface area contributed by atoms with Crippen molar-refractivity contribution in [2.24, 2.45) is 5.11 Å². The van der Waals surface area contributed by atoms with Crippen molar-refractivity contribution in [2.45, 2.75) is 25.3 Å². The molecule has 2 N–H and O–H groups in total.